The fourth-order valence-electron chi connectivity index (χ4n) is 1.07. The summed E-state index contributed by atoms with van der Waals surface area (Å²) in [6.07, 6.45) is 0. The van der Waals surface area contributed by atoms with Crippen LogP contribution in [0.25, 0.3) is 10.8 Å². The van der Waals surface area contributed by atoms with Gasteiger partial charge in [0.25, 0.3) is 0 Å². The first kappa shape index (κ1) is 15.1. The molecule has 0 N–H and O–H groups in total. The molecule has 0 aromatic heterocycles. The molecule has 2 rings (SSSR count). The fourth-order valence-corrected chi connectivity index (χ4v) is 1.07. The van der Waals surface area contributed by atoms with Crippen LogP contribution >= 0.6 is 0 Å². The van der Waals surface area contributed by atoms with Crippen molar-refractivity contribution in [3.05, 3.63) is 42.5 Å². The minimum atomic E-state index is 0. The van der Waals surface area contributed by atoms with Crippen molar-refractivity contribution < 1.29 is 59.8 Å². The van der Waals surface area contributed by atoms with Crippen LogP contribution in [0.5, 0.6) is 0 Å². The molecule has 0 fully saturated rings. The van der Waals surface area contributed by atoms with Crippen molar-refractivity contribution in [3.8, 4) is 0 Å². The molecule has 3 heteroatoms. The number of hydrogen-bond acceptors (Lipinski definition) is 0. The molecule has 0 heterocycles. The minimum absolute atomic E-state index is 0. The van der Waals surface area contributed by atoms with Gasteiger partial charge >= 0.3 is 0 Å². The second-order valence-electron chi connectivity index (χ2n) is 2.15. The van der Waals surface area contributed by atoms with E-state index in [1.165, 1.54) is 10.8 Å². The van der Waals surface area contributed by atoms with Gasteiger partial charge in [-0.05, 0) is 0 Å². The van der Waals surface area contributed by atoms with Crippen LogP contribution in [-0.4, -0.2) is 0 Å². The van der Waals surface area contributed by atoms with Gasteiger partial charge in [-0.3, -0.25) is 0 Å². The van der Waals surface area contributed by atoms with Gasteiger partial charge in [0.05, 0.1) is 0 Å². The number of rotatable bonds is 0. The van der Waals surface area contributed by atoms with Crippen LogP contribution in [0.2, 0.25) is 0 Å². The third kappa shape index (κ3) is 3.19. The Hall–Kier alpha value is 0.660. The van der Waals surface area contributed by atoms with Crippen LogP contribution in [0.15, 0.2) is 42.5 Å². The van der Waals surface area contributed by atoms with E-state index in [-0.39, 0.29) is 59.8 Å². The number of benzene rings is 1. The SMILES string of the molecule is [Br-].[Br-].[Hf].c1ccc2[cH-]ccc2c1. The molecule has 0 spiro atoms. The van der Waals surface area contributed by atoms with Crippen molar-refractivity contribution in [1.29, 1.82) is 0 Å². The van der Waals surface area contributed by atoms with Crippen LogP contribution < -0.4 is 34.0 Å². The Labute approximate surface area is 112 Å². The standard InChI is InChI=1S/C9H7.2BrH.Hf/c1-2-5-9-7-3-6-8(9)4-1;;;/h1-7H;2*1H;/q-1;;;/p-2. The van der Waals surface area contributed by atoms with E-state index in [1.54, 1.807) is 0 Å². The molecule has 64 valence electrons. The summed E-state index contributed by atoms with van der Waals surface area (Å²) >= 11 is 0. The predicted molar refractivity (Wildman–Crippen MR) is 39.5 cm³/mol. The van der Waals surface area contributed by atoms with E-state index in [0.717, 1.165) is 0 Å². The first-order valence-electron chi connectivity index (χ1n) is 3.07. The number of fused-ring (bicyclic) bond motifs is 1. The van der Waals surface area contributed by atoms with Gasteiger partial charge in [-0.25, -0.2) is 0 Å². The van der Waals surface area contributed by atoms with Gasteiger partial charge in [0.2, 0.25) is 0 Å². The summed E-state index contributed by atoms with van der Waals surface area (Å²) in [7, 11) is 0. The van der Waals surface area contributed by atoms with Gasteiger partial charge in [0.15, 0.2) is 0 Å². The molecule has 12 heavy (non-hydrogen) atoms. The number of halogens is 2. The van der Waals surface area contributed by atoms with E-state index in [4.69, 9.17) is 0 Å². The molecule has 0 nitrogen and oxygen atoms in total. The average molecular weight is 453 g/mol. The summed E-state index contributed by atoms with van der Waals surface area (Å²) in [5, 5.41) is 2.66. The van der Waals surface area contributed by atoms with E-state index in [0.29, 0.717) is 0 Å². The van der Waals surface area contributed by atoms with Crippen LogP contribution in [0.1, 0.15) is 0 Å². The molecule has 0 aliphatic rings. The third-order valence-electron chi connectivity index (χ3n) is 1.55. The van der Waals surface area contributed by atoms with Crippen LogP contribution in [-0.2, 0) is 25.8 Å². The van der Waals surface area contributed by atoms with Gasteiger partial charge in [0.1, 0.15) is 0 Å². The number of hydrogen-bond donors (Lipinski definition) is 0. The monoisotopic (exact) mass is 453 g/mol. The van der Waals surface area contributed by atoms with Gasteiger partial charge in [-0.1, -0.05) is 6.07 Å². The van der Waals surface area contributed by atoms with Crippen molar-refractivity contribution in [3.63, 3.8) is 0 Å². The molecule has 2 aromatic carbocycles. The van der Waals surface area contributed by atoms with Crippen molar-refractivity contribution in [2.45, 2.75) is 0 Å². The molecular weight excluding hydrogens is 446 g/mol. The van der Waals surface area contributed by atoms with Crippen molar-refractivity contribution in [2.24, 2.45) is 0 Å². The third-order valence-corrected chi connectivity index (χ3v) is 1.55. The van der Waals surface area contributed by atoms with Crippen molar-refractivity contribution in [2.75, 3.05) is 0 Å². The van der Waals surface area contributed by atoms with E-state index in [2.05, 4.69) is 42.5 Å². The fraction of sp³-hybridized carbons (Fsp3) is 0. The first-order valence-corrected chi connectivity index (χ1v) is 3.07. The van der Waals surface area contributed by atoms with Gasteiger partial charge in [-0.15, -0.1) is 29.7 Å². The van der Waals surface area contributed by atoms with Gasteiger partial charge < -0.3 is 34.0 Å². The van der Waals surface area contributed by atoms with E-state index in [1.807, 2.05) is 0 Å². The van der Waals surface area contributed by atoms with Gasteiger partial charge in [0, 0.05) is 25.8 Å². The van der Waals surface area contributed by atoms with Gasteiger partial charge in [-0.2, -0.15) is 17.5 Å². The average Bonchev–Trinajstić information content (AvgIpc) is 2.33. The summed E-state index contributed by atoms with van der Waals surface area (Å²) in [6, 6.07) is 14.7. The molecule has 0 saturated heterocycles. The summed E-state index contributed by atoms with van der Waals surface area (Å²) in [5.41, 5.74) is 0. The molecule has 0 radical (unpaired) electrons. The molecule has 0 atom stereocenters. The smallest absolute Gasteiger partial charge is 0 e. The maximum atomic E-state index is 2.12. The van der Waals surface area contributed by atoms with Crippen molar-refractivity contribution >= 4 is 10.8 Å². The first-order chi connectivity index (χ1) is 4.47. The quantitative estimate of drug-likeness (QED) is 0.288. The topological polar surface area (TPSA) is 0 Å². The van der Waals surface area contributed by atoms with E-state index < -0.39 is 0 Å². The summed E-state index contributed by atoms with van der Waals surface area (Å²) in [4.78, 5) is 0. The normalized spacial score (nSPS) is 7.67. The Bertz CT molecular complexity index is 287. The molecular formula is C9H7Br2Hf-3. The predicted octanol–water partition coefficient (Wildman–Crippen LogP) is -3.44. The Morgan fingerprint density at radius 3 is 2.25 bits per heavy atom. The zero-order chi connectivity index (χ0) is 6.10. The zero-order valence-electron chi connectivity index (χ0n) is 6.30. The largest absolute Gasteiger partial charge is 1.00 e. The Morgan fingerprint density at radius 2 is 1.58 bits per heavy atom. The molecule has 0 aliphatic carbocycles. The summed E-state index contributed by atoms with van der Waals surface area (Å²) in [6.45, 7) is 0. The van der Waals surface area contributed by atoms with Crippen LogP contribution in [0.3, 0.4) is 0 Å². The van der Waals surface area contributed by atoms with E-state index in [9.17, 15) is 0 Å². The second kappa shape index (κ2) is 7.10. The maximum Gasteiger partial charge on any atom is 0 e. The minimum Gasteiger partial charge on any atom is -1.00 e. The Kier molecular flexibility index (Phi) is 8.96. The summed E-state index contributed by atoms with van der Waals surface area (Å²) < 4.78 is 0. The summed E-state index contributed by atoms with van der Waals surface area (Å²) in [5.74, 6) is 0. The Balaban J connectivity index is 0. The molecule has 2 aromatic rings. The molecule has 0 aliphatic heterocycles. The zero-order valence-corrected chi connectivity index (χ0v) is 13.1. The van der Waals surface area contributed by atoms with Crippen LogP contribution in [0.4, 0.5) is 0 Å². The molecule has 0 amide bonds. The van der Waals surface area contributed by atoms with Crippen molar-refractivity contribution in [1.82, 2.24) is 0 Å². The molecule has 0 bridgehead atoms. The Morgan fingerprint density at radius 1 is 0.917 bits per heavy atom. The molecule has 0 unspecified atom stereocenters. The van der Waals surface area contributed by atoms with Crippen LogP contribution in [0, 0.1) is 0 Å². The molecule has 0 saturated carbocycles. The van der Waals surface area contributed by atoms with E-state index >= 15 is 0 Å². The maximum absolute atomic E-state index is 2.12. The second-order valence-corrected chi connectivity index (χ2v) is 2.15.